The van der Waals surface area contributed by atoms with Gasteiger partial charge in [0, 0.05) is 0 Å². The van der Waals surface area contributed by atoms with Crippen LogP contribution in [0.4, 0.5) is 0 Å². The molecule has 48 heavy (non-hydrogen) atoms. The molecule has 0 saturated carbocycles. The molecule has 1 heteroatoms. The van der Waals surface area contributed by atoms with Gasteiger partial charge >= 0.3 is 99.2 Å². The quantitative estimate of drug-likeness (QED) is 0.163. The van der Waals surface area contributed by atoms with Gasteiger partial charge in [0.15, 0.2) is 0 Å². The minimum absolute atomic E-state index is 0.180. The molecular formula is C47H56Zr. The molecular weight excluding hydrogens is 656 g/mol. The molecule has 1 aliphatic rings. The van der Waals surface area contributed by atoms with Crippen LogP contribution in [0.25, 0.3) is 21.5 Å². The summed E-state index contributed by atoms with van der Waals surface area (Å²) in [6.07, 6.45) is 9.00. The van der Waals surface area contributed by atoms with E-state index < -0.39 is 0 Å². The molecule has 6 rings (SSSR count). The van der Waals surface area contributed by atoms with Crippen molar-refractivity contribution in [1.29, 1.82) is 0 Å². The molecule has 0 saturated heterocycles. The molecule has 0 heterocycles. The van der Waals surface area contributed by atoms with Crippen molar-refractivity contribution >= 4 is 24.8 Å². The van der Waals surface area contributed by atoms with Crippen molar-refractivity contribution in [2.24, 2.45) is 11.3 Å². The molecule has 0 bridgehead atoms. The van der Waals surface area contributed by atoms with Crippen LogP contribution in [-0.2, 0) is 35.1 Å². The molecule has 5 aromatic carbocycles. The molecule has 5 aromatic rings. The van der Waals surface area contributed by atoms with Gasteiger partial charge in [0.1, 0.15) is 0 Å². The normalized spacial score (nSPS) is 14.7. The summed E-state index contributed by atoms with van der Waals surface area (Å²) in [7, 11) is 0. The Kier molecular flexibility index (Phi) is 12.0. The second-order valence-electron chi connectivity index (χ2n) is 16.5. The Morgan fingerprint density at radius 2 is 1.06 bits per heavy atom. The number of aryl methyl sites for hydroxylation is 2. The Morgan fingerprint density at radius 3 is 1.38 bits per heavy atom. The fourth-order valence-corrected chi connectivity index (χ4v) is 7.36. The van der Waals surface area contributed by atoms with Crippen molar-refractivity contribution in [3.05, 3.63) is 148 Å². The van der Waals surface area contributed by atoms with Crippen LogP contribution in [0.15, 0.2) is 109 Å². The summed E-state index contributed by atoms with van der Waals surface area (Å²) >= 11 is 1.46. The van der Waals surface area contributed by atoms with Crippen molar-refractivity contribution in [3.63, 3.8) is 0 Å². The molecule has 0 amide bonds. The second-order valence-corrected chi connectivity index (χ2v) is 17.7. The first-order valence-corrected chi connectivity index (χ1v) is 18.8. The second kappa shape index (κ2) is 15.3. The Labute approximate surface area is 307 Å². The van der Waals surface area contributed by atoms with Crippen LogP contribution < -0.4 is 0 Å². The summed E-state index contributed by atoms with van der Waals surface area (Å²) in [5.41, 5.74) is 10.5. The van der Waals surface area contributed by atoms with Crippen molar-refractivity contribution in [2.75, 3.05) is 0 Å². The van der Waals surface area contributed by atoms with E-state index in [1.165, 1.54) is 94.4 Å². The summed E-state index contributed by atoms with van der Waals surface area (Å²) in [5, 5.41) is 5.55. The third-order valence-corrected chi connectivity index (χ3v) is 10.7. The number of hydrogen-bond donors (Lipinski definition) is 0. The maximum absolute atomic E-state index is 3.35. The van der Waals surface area contributed by atoms with E-state index in [1.807, 2.05) is 0 Å². The van der Waals surface area contributed by atoms with Gasteiger partial charge in [-0.15, -0.1) is 39.7 Å². The average Bonchev–Trinajstić information content (AvgIpc) is 3.65. The van der Waals surface area contributed by atoms with Crippen LogP contribution in [0.1, 0.15) is 109 Å². The Morgan fingerprint density at radius 1 is 0.646 bits per heavy atom. The number of allylic oxidation sites excluding steroid dienone is 4. The van der Waals surface area contributed by atoms with E-state index in [1.54, 1.807) is 0 Å². The first-order chi connectivity index (χ1) is 22.4. The average molecular weight is 712 g/mol. The number of hydrogen-bond acceptors (Lipinski definition) is 0. The van der Waals surface area contributed by atoms with Crippen LogP contribution in [0, 0.1) is 31.3 Å². The third kappa shape index (κ3) is 9.36. The first-order valence-electron chi connectivity index (χ1n) is 17.6. The van der Waals surface area contributed by atoms with Crippen molar-refractivity contribution in [2.45, 2.75) is 100 Å². The fourth-order valence-electron chi connectivity index (χ4n) is 6.54. The summed E-state index contributed by atoms with van der Waals surface area (Å²) in [5.74, 6) is 0.573. The molecule has 0 nitrogen and oxygen atoms in total. The van der Waals surface area contributed by atoms with Gasteiger partial charge < -0.3 is 0 Å². The van der Waals surface area contributed by atoms with Crippen LogP contribution >= 0.6 is 0 Å². The van der Waals surface area contributed by atoms with Crippen LogP contribution in [0.3, 0.4) is 0 Å². The summed E-state index contributed by atoms with van der Waals surface area (Å²) < 4.78 is 1.42. The van der Waals surface area contributed by atoms with Gasteiger partial charge in [-0.1, -0.05) is 121 Å². The molecule has 0 fully saturated rings. The van der Waals surface area contributed by atoms with Gasteiger partial charge in [0.05, 0.1) is 0 Å². The standard InChI is InChI=1S/C23H29.C13H10.C11H17.Zr/c1-14-9-16-11-17-10-15(2)21(23(6,7)8)13-19(17)18(16)12-20(14)22(3,4)5;1-3-7-12(8-4-1)11-13-9-5-2-6-10-13;1-5-9-6-7-10(8-9)11(2,3)4;/h9-13H,1-8H3;1-10H;7-9H,5H2,1-4H3;/q-1;;-1;+2. The van der Waals surface area contributed by atoms with E-state index in [0.717, 1.165) is 0 Å². The number of benzene rings is 4. The maximum atomic E-state index is 3.35. The van der Waals surface area contributed by atoms with Gasteiger partial charge in [0.25, 0.3) is 0 Å². The van der Waals surface area contributed by atoms with Gasteiger partial charge in [-0.05, 0) is 24.7 Å². The van der Waals surface area contributed by atoms with Gasteiger partial charge in [-0.3, -0.25) is 6.08 Å². The SMILES string of the molecule is CCC1[C-]=CC(C(C)(C)C)=C1.Cc1cc2[cH-]c3cc(C)c(C(C)(C)C)cc3c2cc1C(C)(C)C.[Zr+2]=[C](c1ccccc1)c1ccccc1. The molecule has 0 radical (unpaired) electrons. The van der Waals surface area contributed by atoms with Crippen molar-refractivity contribution < 1.29 is 24.2 Å². The topological polar surface area (TPSA) is 0 Å². The van der Waals surface area contributed by atoms with E-state index in [2.05, 4.69) is 192 Å². The zero-order valence-electron chi connectivity index (χ0n) is 31.6. The molecule has 0 spiro atoms. The van der Waals surface area contributed by atoms with Crippen LogP contribution in [0.2, 0.25) is 0 Å². The van der Waals surface area contributed by atoms with E-state index in [4.69, 9.17) is 0 Å². The number of fused-ring (bicyclic) bond motifs is 3. The minimum atomic E-state index is 0.180. The number of rotatable bonds is 3. The summed E-state index contributed by atoms with van der Waals surface area (Å²) in [4.78, 5) is 0. The third-order valence-electron chi connectivity index (χ3n) is 9.27. The predicted octanol–water partition coefficient (Wildman–Crippen LogP) is 13.1. The molecule has 0 N–H and O–H groups in total. The molecule has 0 aromatic heterocycles. The van der Waals surface area contributed by atoms with Gasteiger partial charge in [-0.25, -0.2) is 6.08 Å². The molecule has 248 valence electrons. The molecule has 0 aliphatic heterocycles. The summed E-state index contributed by atoms with van der Waals surface area (Å²) in [6.45, 7) is 27.2. The molecule has 1 unspecified atom stereocenters. The van der Waals surface area contributed by atoms with Crippen LogP contribution in [0.5, 0.6) is 0 Å². The monoisotopic (exact) mass is 710 g/mol. The Balaban J connectivity index is 0.000000177. The summed E-state index contributed by atoms with van der Waals surface area (Å²) in [6, 6.07) is 33.0. The predicted molar refractivity (Wildman–Crippen MR) is 209 cm³/mol. The molecule has 1 atom stereocenters. The van der Waals surface area contributed by atoms with E-state index >= 15 is 0 Å². The van der Waals surface area contributed by atoms with Crippen molar-refractivity contribution in [1.82, 2.24) is 0 Å². The fraction of sp³-hybridized carbons (Fsp3) is 0.362. The van der Waals surface area contributed by atoms with Gasteiger partial charge in [0.2, 0.25) is 0 Å². The first kappa shape index (κ1) is 37.8. The van der Waals surface area contributed by atoms with Gasteiger partial charge in [-0.2, -0.15) is 11.6 Å². The Bertz CT molecular complexity index is 1790. The Hall–Kier alpha value is -3.02. The molecule has 1 aliphatic carbocycles. The zero-order chi connectivity index (χ0) is 35.4. The van der Waals surface area contributed by atoms with E-state index in [-0.39, 0.29) is 10.8 Å². The van der Waals surface area contributed by atoms with E-state index in [0.29, 0.717) is 11.3 Å². The van der Waals surface area contributed by atoms with Crippen LogP contribution in [-0.4, -0.2) is 3.21 Å². The van der Waals surface area contributed by atoms with E-state index in [9.17, 15) is 0 Å². The van der Waals surface area contributed by atoms with Crippen molar-refractivity contribution in [3.8, 4) is 0 Å². The zero-order valence-corrected chi connectivity index (χ0v) is 34.1.